The van der Waals surface area contributed by atoms with Crippen LogP contribution >= 0.6 is 23.2 Å². The van der Waals surface area contributed by atoms with Crippen LogP contribution in [-0.4, -0.2) is 27.6 Å². The third-order valence-electron chi connectivity index (χ3n) is 5.64. The Balaban J connectivity index is 1.61. The van der Waals surface area contributed by atoms with E-state index in [9.17, 15) is 9.90 Å². The average Bonchev–Trinajstić information content (AvgIpc) is 3.26. The molecule has 166 valence electrons. The second-order valence-electron chi connectivity index (χ2n) is 7.90. The highest BCUT2D eigenvalue weighted by atomic mass is 35.5. The van der Waals surface area contributed by atoms with Crippen LogP contribution in [0, 0.1) is 13.8 Å². The predicted molar refractivity (Wildman–Crippen MR) is 125 cm³/mol. The Morgan fingerprint density at radius 2 is 1.88 bits per heavy atom. The third-order valence-corrected chi connectivity index (χ3v) is 6.48. The van der Waals surface area contributed by atoms with E-state index in [0.717, 1.165) is 36.1 Å². The molecule has 0 radical (unpaired) electrons. The molecule has 6 nitrogen and oxygen atoms in total. The summed E-state index contributed by atoms with van der Waals surface area (Å²) in [5.74, 6) is 0.0184. The molecule has 1 aliphatic rings. The summed E-state index contributed by atoms with van der Waals surface area (Å²) >= 11 is 12.3. The molecule has 0 aliphatic carbocycles. The molecule has 0 spiro atoms. The van der Waals surface area contributed by atoms with Crippen LogP contribution in [0.5, 0.6) is 5.75 Å². The molecule has 1 aromatic heterocycles. The van der Waals surface area contributed by atoms with Crippen LogP contribution in [0.3, 0.4) is 0 Å². The number of carboxylic acid groups (broad SMARTS) is 1. The number of hydrogen-bond donors (Lipinski definition) is 1. The van der Waals surface area contributed by atoms with Gasteiger partial charge in [-0.25, -0.2) is 14.8 Å². The molecule has 1 saturated heterocycles. The van der Waals surface area contributed by atoms with Crippen LogP contribution in [-0.2, 0) is 6.61 Å². The number of rotatable bonds is 6. The number of nitrogens with zero attached hydrogens (tertiary/aromatic N) is 3. The zero-order valence-electron chi connectivity index (χ0n) is 17.8. The number of aromatic nitrogens is 2. The van der Waals surface area contributed by atoms with Crippen molar-refractivity contribution in [3.8, 4) is 5.75 Å². The highest BCUT2D eigenvalue weighted by Crippen LogP contribution is 2.35. The predicted octanol–water partition coefficient (Wildman–Crippen LogP) is 6.02. The molecule has 4 rings (SSSR count). The summed E-state index contributed by atoms with van der Waals surface area (Å²) in [5, 5.41) is 11.0. The lowest BCUT2D eigenvalue weighted by Crippen LogP contribution is -2.26. The quantitative estimate of drug-likeness (QED) is 0.473. The Hall–Kier alpha value is -2.83. The van der Waals surface area contributed by atoms with E-state index in [2.05, 4.69) is 14.9 Å². The van der Waals surface area contributed by atoms with Crippen molar-refractivity contribution >= 4 is 35.1 Å². The van der Waals surface area contributed by atoms with Gasteiger partial charge in [-0.15, -0.1) is 0 Å². The molecule has 8 heteroatoms. The minimum absolute atomic E-state index is 0.0110. The van der Waals surface area contributed by atoms with Crippen molar-refractivity contribution in [3.05, 3.63) is 80.6 Å². The fraction of sp³-hybridized carbons (Fsp3) is 0.292. The molecular formula is C24H23Cl2N3O3. The van der Waals surface area contributed by atoms with Crippen molar-refractivity contribution in [3.63, 3.8) is 0 Å². The number of aryl methyl sites for hydroxylation is 2. The van der Waals surface area contributed by atoms with Crippen molar-refractivity contribution in [2.45, 2.75) is 39.3 Å². The number of ether oxygens (including phenoxy) is 1. The Morgan fingerprint density at radius 3 is 2.53 bits per heavy atom. The number of benzene rings is 2. The van der Waals surface area contributed by atoms with E-state index in [4.69, 9.17) is 27.9 Å². The smallest absolute Gasteiger partial charge is 0.339 e. The third kappa shape index (κ3) is 4.66. The Bertz CT molecular complexity index is 1130. The molecule has 0 saturated carbocycles. The van der Waals surface area contributed by atoms with E-state index in [1.165, 1.54) is 6.20 Å². The molecule has 3 aromatic rings. The standard InChI is InChI=1S/C24H23Cl2N3O3/c1-14-10-18(11-15(2)22(14)26)32-13-20-19(23(30)31)12-27-24(28-20)29-9-3-4-21(29)16-5-7-17(25)8-6-16/h5-8,10-12,21H,3-4,9,13H2,1-2H3,(H,30,31). The lowest BCUT2D eigenvalue weighted by atomic mass is 10.1. The van der Waals surface area contributed by atoms with Gasteiger partial charge in [0, 0.05) is 22.8 Å². The zero-order valence-corrected chi connectivity index (χ0v) is 19.3. The van der Waals surface area contributed by atoms with Crippen LogP contribution in [0.1, 0.15) is 51.6 Å². The fourth-order valence-electron chi connectivity index (χ4n) is 4.01. The number of aromatic carboxylic acids is 1. The minimum atomic E-state index is -1.09. The first-order valence-electron chi connectivity index (χ1n) is 10.3. The Kier molecular flexibility index (Phi) is 6.53. The molecule has 2 heterocycles. The van der Waals surface area contributed by atoms with Gasteiger partial charge in [0.2, 0.25) is 5.95 Å². The van der Waals surface area contributed by atoms with Crippen LogP contribution in [0.15, 0.2) is 42.6 Å². The first-order chi connectivity index (χ1) is 15.3. The summed E-state index contributed by atoms with van der Waals surface area (Å²) in [6.45, 7) is 4.60. The molecule has 0 amide bonds. The van der Waals surface area contributed by atoms with Crippen molar-refractivity contribution in [1.29, 1.82) is 0 Å². The van der Waals surface area contributed by atoms with Crippen LogP contribution in [0.4, 0.5) is 5.95 Å². The van der Waals surface area contributed by atoms with Gasteiger partial charge in [-0.2, -0.15) is 0 Å². The number of carboxylic acids is 1. The summed E-state index contributed by atoms with van der Waals surface area (Å²) in [7, 11) is 0. The van der Waals surface area contributed by atoms with Gasteiger partial charge in [0.1, 0.15) is 17.9 Å². The number of carbonyl (C=O) groups is 1. The van der Waals surface area contributed by atoms with Crippen molar-refractivity contribution in [2.24, 2.45) is 0 Å². The van der Waals surface area contributed by atoms with Crippen LogP contribution in [0.2, 0.25) is 10.0 Å². The molecule has 1 N–H and O–H groups in total. The van der Waals surface area contributed by atoms with Gasteiger partial charge in [-0.3, -0.25) is 0 Å². The maximum atomic E-state index is 11.8. The highest BCUT2D eigenvalue weighted by molar-refractivity contribution is 6.32. The first kappa shape index (κ1) is 22.4. The van der Waals surface area contributed by atoms with Crippen molar-refractivity contribution in [2.75, 3.05) is 11.4 Å². The van der Waals surface area contributed by atoms with E-state index in [0.29, 0.717) is 27.4 Å². The Labute approximate surface area is 196 Å². The van der Waals surface area contributed by atoms with Crippen LogP contribution < -0.4 is 9.64 Å². The average molecular weight is 472 g/mol. The summed E-state index contributed by atoms with van der Waals surface area (Å²) in [5.41, 5.74) is 3.27. The van der Waals surface area contributed by atoms with E-state index in [1.807, 2.05) is 50.2 Å². The molecule has 1 aliphatic heterocycles. The van der Waals surface area contributed by atoms with Gasteiger partial charge in [-0.1, -0.05) is 35.3 Å². The maximum absolute atomic E-state index is 11.8. The molecule has 2 aromatic carbocycles. The van der Waals surface area contributed by atoms with Gasteiger partial charge in [0.15, 0.2) is 0 Å². The maximum Gasteiger partial charge on any atom is 0.339 e. The fourth-order valence-corrected chi connectivity index (χ4v) is 4.25. The molecule has 1 fully saturated rings. The van der Waals surface area contributed by atoms with Gasteiger partial charge < -0.3 is 14.7 Å². The number of anilines is 1. The number of hydrogen-bond acceptors (Lipinski definition) is 5. The van der Waals surface area contributed by atoms with Crippen molar-refractivity contribution in [1.82, 2.24) is 9.97 Å². The van der Waals surface area contributed by atoms with Gasteiger partial charge in [-0.05, 0) is 67.6 Å². The van der Waals surface area contributed by atoms with E-state index in [1.54, 1.807) is 0 Å². The monoisotopic (exact) mass is 471 g/mol. The first-order valence-corrected chi connectivity index (χ1v) is 11.1. The normalized spacial score (nSPS) is 15.8. The summed E-state index contributed by atoms with van der Waals surface area (Å²) in [6.07, 6.45) is 3.31. The highest BCUT2D eigenvalue weighted by Gasteiger charge is 2.29. The lowest BCUT2D eigenvalue weighted by molar-refractivity contribution is 0.0692. The topological polar surface area (TPSA) is 75.5 Å². The molecule has 1 unspecified atom stereocenters. The van der Waals surface area contributed by atoms with Gasteiger partial charge in [0.05, 0.1) is 11.7 Å². The molecule has 1 atom stereocenters. The minimum Gasteiger partial charge on any atom is -0.487 e. The van der Waals surface area contributed by atoms with Crippen LogP contribution in [0.25, 0.3) is 0 Å². The second-order valence-corrected chi connectivity index (χ2v) is 8.71. The summed E-state index contributed by atoms with van der Waals surface area (Å²) < 4.78 is 5.90. The Morgan fingerprint density at radius 1 is 1.19 bits per heavy atom. The van der Waals surface area contributed by atoms with E-state index >= 15 is 0 Å². The molecular weight excluding hydrogens is 449 g/mol. The van der Waals surface area contributed by atoms with E-state index < -0.39 is 5.97 Å². The lowest BCUT2D eigenvalue weighted by Gasteiger charge is -2.25. The zero-order chi connectivity index (χ0) is 22.8. The second kappa shape index (κ2) is 9.35. The van der Waals surface area contributed by atoms with E-state index in [-0.39, 0.29) is 18.2 Å². The SMILES string of the molecule is Cc1cc(OCc2nc(N3CCCC3c3ccc(Cl)cc3)ncc2C(=O)O)cc(C)c1Cl. The summed E-state index contributed by atoms with van der Waals surface area (Å²) in [4.78, 5) is 22.8. The molecule has 0 bridgehead atoms. The van der Waals surface area contributed by atoms with Gasteiger partial charge in [0.25, 0.3) is 0 Å². The van der Waals surface area contributed by atoms with Gasteiger partial charge >= 0.3 is 5.97 Å². The summed E-state index contributed by atoms with van der Waals surface area (Å²) in [6, 6.07) is 11.5. The number of halogens is 2. The van der Waals surface area contributed by atoms with Crippen molar-refractivity contribution < 1.29 is 14.6 Å². The molecule has 32 heavy (non-hydrogen) atoms. The largest absolute Gasteiger partial charge is 0.487 e.